The fourth-order valence-electron chi connectivity index (χ4n) is 1.85. The van der Waals surface area contributed by atoms with Crippen molar-refractivity contribution in [3.05, 3.63) is 29.6 Å². The summed E-state index contributed by atoms with van der Waals surface area (Å²) in [6, 6.07) is 3.06. The molecule has 6 nitrogen and oxygen atoms in total. The van der Waals surface area contributed by atoms with Gasteiger partial charge < -0.3 is 14.6 Å². The van der Waals surface area contributed by atoms with Crippen molar-refractivity contribution in [2.75, 3.05) is 19.8 Å². The molecule has 116 valence electrons. The van der Waals surface area contributed by atoms with Gasteiger partial charge in [0.25, 0.3) is 0 Å². The van der Waals surface area contributed by atoms with Crippen LogP contribution in [0.2, 0.25) is 0 Å². The molecule has 0 amide bonds. The fourth-order valence-corrected chi connectivity index (χ4v) is 3.35. The van der Waals surface area contributed by atoms with Crippen LogP contribution in [0, 0.1) is 5.82 Å². The van der Waals surface area contributed by atoms with Gasteiger partial charge in [-0.1, -0.05) is 6.07 Å². The Morgan fingerprint density at radius 3 is 2.67 bits per heavy atom. The highest BCUT2D eigenvalue weighted by Gasteiger charge is 2.36. The van der Waals surface area contributed by atoms with Gasteiger partial charge in [0.05, 0.1) is 19.8 Å². The summed E-state index contributed by atoms with van der Waals surface area (Å²) in [5.41, 5.74) is -0.0604. The fraction of sp³-hybridized carbons (Fsp3) is 0.462. The van der Waals surface area contributed by atoms with Crippen molar-refractivity contribution in [2.24, 2.45) is 0 Å². The van der Waals surface area contributed by atoms with Gasteiger partial charge in [0, 0.05) is 0 Å². The number of hydrogen-bond donors (Lipinski definition) is 1. The SMILES string of the molecule is CCOC(=O)C(O)c1ccc(S(=O)(=O)C2COC2)c(F)c1. The summed E-state index contributed by atoms with van der Waals surface area (Å²) in [7, 11) is -3.80. The lowest BCUT2D eigenvalue weighted by Gasteiger charge is -2.26. The van der Waals surface area contributed by atoms with E-state index >= 15 is 0 Å². The number of halogens is 1. The maximum Gasteiger partial charge on any atom is 0.339 e. The molecular formula is C13H15FO6S. The summed E-state index contributed by atoms with van der Waals surface area (Å²) in [6.45, 7) is 1.72. The van der Waals surface area contributed by atoms with Crippen LogP contribution in [0.4, 0.5) is 4.39 Å². The molecule has 2 rings (SSSR count). The van der Waals surface area contributed by atoms with Crippen LogP contribution in [-0.4, -0.2) is 44.6 Å². The minimum Gasteiger partial charge on any atom is -0.464 e. The van der Waals surface area contributed by atoms with Gasteiger partial charge in [0.1, 0.15) is 16.0 Å². The second-order valence-corrected chi connectivity index (χ2v) is 6.75. The standard InChI is InChI=1S/C13H15FO6S/c1-2-20-13(16)12(15)8-3-4-11(10(14)5-8)21(17,18)9-6-19-7-9/h3-5,9,12,15H,2,6-7H2,1H3. The van der Waals surface area contributed by atoms with Crippen LogP contribution in [0.15, 0.2) is 23.1 Å². The van der Waals surface area contributed by atoms with Gasteiger partial charge in [-0.25, -0.2) is 17.6 Å². The summed E-state index contributed by atoms with van der Waals surface area (Å²) >= 11 is 0. The Hall–Kier alpha value is -1.51. The lowest BCUT2D eigenvalue weighted by Crippen LogP contribution is -2.41. The first kappa shape index (κ1) is 15.9. The Labute approximate surface area is 121 Å². The van der Waals surface area contributed by atoms with Crippen LogP contribution in [0.25, 0.3) is 0 Å². The second-order valence-electron chi connectivity index (χ2n) is 4.55. The Kier molecular flexibility index (Phi) is 4.60. The first-order valence-electron chi connectivity index (χ1n) is 6.33. The Bertz CT molecular complexity index is 638. The van der Waals surface area contributed by atoms with Crippen LogP contribution in [-0.2, 0) is 24.1 Å². The van der Waals surface area contributed by atoms with Crippen LogP contribution in [0.1, 0.15) is 18.6 Å². The topological polar surface area (TPSA) is 89.9 Å². The molecule has 1 atom stereocenters. The third-order valence-corrected chi connectivity index (χ3v) is 5.23. The van der Waals surface area contributed by atoms with E-state index in [1.165, 1.54) is 6.07 Å². The first-order chi connectivity index (χ1) is 9.87. The van der Waals surface area contributed by atoms with Gasteiger partial charge >= 0.3 is 5.97 Å². The number of carbonyl (C=O) groups is 1. The number of benzene rings is 1. The highest BCUT2D eigenvalue weighted by atomic mass is 32.2. The number of rotatable bonds is 5. The van der Waals surface area contributed by atoms with Crippen molar-refractivity contribution >= 4 is 15.8 Å². The zero-order valence-corrected chi connectivity index (χ0v) is 12.1. The van der Waals surface area contributed by atoms with E-state index in [4.69, 9.17) is 4.74 Å². The molecule has 0 radical (unpaired) electrons. The molecule has 0 spiro atoms. The number of esters is 1. The van der Waals surface area contributed by atoms with Crippen molar-refractivity contribution in [3.63, 3.8) is 0 Å². The lowest BCUT2D eigenvalue weighted by molar-refractivity contribution is -0.153. The summed E-state index contributed by atoms with van der Waals surface area (Å²) < 4.78 is 47.6. The summed E-state index contributed by atoms with van der Waals surface area (Å²) in [5, 5.41) is 8.94. The van der Waals surface area contributed by atoms with Gasteiger partial charge in [-0.05, 0) is 24.6 Å². The normalized spacial score (nSPS) is 17.1. The van der Waals surface area contributed by atoms with Gasteiger partial charge in [0.2, 0.25) is 0 Å². The Balaban J connectivity index is 2.27. The lowest BCUT2D eigenvalue weighted by atomic mass is 10.1. The zero-order chi connectivity index (χ0) is 15.6. The highest BCUT2D eigenvalue weighted by Crippen LogP contribution is 2.26. The molecule has 8 heteroatoms. The predicted octanol–water partition coefficient (Wildman–Crippen LogP) is 0.595. The van der Waals surface area contributed by atoms with E-state index in [0.29, 0.717) is 0 Å². The summed E-state index contributed by atoms with van der Waals surface area (Å²) in [5.74, 6) is -1.93. The molecule has 1 aromatic carbocycles. The van der Waals surface area contributed by atoms with E-state index < -0.39 is 37.9 Å². The minimum atomic E-state index is -3.80. The zero-order valence-electron chi connectivity index (χ0n) is 11.3. The molecule has 1 saturated heterocycles. The number of sulfone groups is 1. The molecule has 21 heavy (non-hydrogen) atoms. The molecule has 0 aliphatic carbocycles. The molecule has 1 aliphatic heterocycles. The number of carbonyl (C=O) groups excluding carboxylic acids is 1. The van der Waals surface area contributed by atoms with Gasteiger partial charge in [-0.3, -0.25) is 0 Å². The molecule has 1 heterocycles. The van der Waals surface area contributed by atoms with Gasteiger partial charge in [-0.15, -0.1) is 0 Å². The Morgan fingerprint density at radius 2 is 2.19 bits per heavy atom. The monoisotopic (exact) mass is 318 g/mol. The molecule has 1 unspecified atom stereocenters. The Morgan fingerprint density at radius 1 is 1.52 bits per heavy atom. The molecule has 1 fully saturated rings. The number of ether oxygens (including phenoxy) is 2. The molecule has 1 N–H and O–H groups in total. The maximum atomic E-state index is 14.0. The molecule has 1 aromatic rings. The minimum absolute atomic E-state index is 0.0367. The van der Waals surface area contributed by atoms with E-state index in [2.05, 4.69) is 4.74 Å². The molecule has 0 bridgehead atoms. The van der Waals surface area contributed by atoms with Crippen molar-refractivity contribution < 1.29 is 32.2 Å². The summed E-state index contributed by atoms with van der Waals surface area (Å²) in [4.78, 5) is 10.9. The number of aliphatic hydroxyl groups is 1. The average molecular weight is 318 g/mol. The second kappa shape index (κ2) is 6.08. The van der Waals surface area contributed by atoms with Gasteiger partial charge in [-0.2, -0.15) is 0 Å². The highest BCUT2D eigenvalue weighted by molar-refractivity contribution is 7.92. The van der Waals surface area contributed by atoms with Crippen molar-refractivity contribution in [1.82, 2.24) is 0 Å². The van der Waals surface area contributed by atoms with Crippen LogP contribution in [0.3, 0.4) is 0 Å². The number of aliphatic hydroxyl groups excluding tert-OH is 1. The smallest absolute Gasteiger partial charge is 0.339 e. The maximum absolute atomic E-state index is 14.0. The van der Waals surface area contributed by atoms with Crippen LogP contribution in [0.5, 0.6) is 0 Å². The van der Waals surface area contributed by atoms with Crippen molar-refractivity contribution in [2.45, 2.75) is 23.2 Å². The summed E-state index contributed by atoms with van der Waals surface area (Å²) in [6.07, 6.45) is -1.65. The quantitative estimate of drug-likeness (QED) is 0.799. The molecule has 0 aromatic heterocycles. The van der Waals surface area contributed by atoms with Crippen LogP contribution >= 0.6 is 0 Å². The molecule has 1 aliphatic rings. The van der Waals surface area contributed by atoms with E-state index in [1.54, 1.807) is 6.92 Å². The van der Waals surface area contributed by atoms with Crippen molar-refractivity contribution in [1.29, 1.82) is 0 Å². The predicted molar refractivity (Wildman–Crippen MR) is 69.8 cm³/mol. The number of hydrogen-bond acceptors (Lipinski definition) is 6. The van der Waals surface area contributed by atoms with Crippen LogP contribution < -0.4 is 0 Å². The molecule has 0 saturated carbocycles. The van der Waals surface area contributed by atoms with Crippen molar-refractivity contribution in [3.8, 4) is 0 Å². The van der Waals surface area contributed by atoms with Gasteiger partial charge in [0.15, 0.2) is 15.9 Å². The van der Waals surface area contributed by atoms with E-state index in [0.717, 1.165) is 12.1 Å². The third kappa shape index (κ3) is 3.07. The van der Waals surface area contributed by atoms with E-state index in [9.17, 15) is 22.7 Å². The first-order valence-corrected chi connectivity index (χ1v) is 7.88. The van der Waals surface area contributed by atoms with E-state index in [1.807, 2.05) is 0 Å². The molecular weight excluding hydrogens is 303 g/mol. The average Bonchev–Trinajstić information content (AvgIpc) is 2.34. The largest absolute Gasteiger partial charge is 0.464 e. The third-order valence-electron chi connectivity index (χ3n) is 3.13. The van der Waals surface area contributed by atoms with E-state index in [-0.39, 0.29) is 25.4 Å².